The minimum absolute atomic E-state index is 0.00734. The molecule has 0 saturated heterocycles. The van der Waals surface area contributed by atoms with Crippen LogP contribution < -0.4 is 37.6 Å². The molecule has 0 amide bonds. The molecule has 21 heteroatoms. The number of aromatic nitrogens is 4. The maximum Gasteiger partial charge on any atom is 0.321 e. The van der Waals surface area contributed by atoms with Crippen molar-refractivity contribution in [2.45, 2.75) is 0 Å². The highest BCUT2D eigenvalue weighted by molar-refractivity contribution is 7.57. The van der Waals surface area contributed by atoms with Crippen LogP contribution >= 0.6 is 32.7 Å². The molecule has 0 bridgehead atoms. The van der Waals surface area contributed by atoms with Crippen molar-refractivity contribution < 1.29 is 63.1 Å². The predicted molar refractivity (Wildman–Crippen MR) is 260 cm³/mol. The van der Waals surface area contributed by atoms with E-state index in [-0.39, 0.29) is 83.3 Å². The fourth-order valence-electron chi connectivity index (χ4n) is 5.95. The summed E-state index contributed by atoms with van der Waals surface area (Å²) in [5.74, 6) is -0.342. The second kappa shape index (κ2) is 21.5. The average molecular weight is 1000 g/mol. The van der Waals surface area contributed by atoms with Gasteiger partial charge in [-0.2, -0.15) is 0 Å². The molecule has 69 heavy (non-hydrogen) atoms. The smallest absolute Gasteiger partial charge is 0.321 e. The molecule has 0 saturated carbocycles. The minimum atomic E-state index is -2.67. The molecule has 3 unspecified atom stereocenters. The van der Waals surface area contributed by atoms with Crippen LogP contribution in [0.5, 0.6) is 86.2 Å². The van der Waals surface area contributed by atoms with Crippen LogP contribution in [0.25, 0.3) is 0 Å². The first-order valence-electron chi connectivity index (χ1n) is 20.6. The predicted octanol–water partition coefficient (Wildman–Crippen LogP) is 13.4. The Morgan fingerprint density at radius 3 is 1.36 bits per heavy atom. The van der Waals surface area contributed by atoms with Crippen molar-refractivity contribution >= 4 is 32.7 Å². The van der Waals surface area contributed by atoms with Crippen molar-refractivity contribution in [3.05, 3.63) is 200 Å². The van der Waals surface area contributed by atoms with E-state index in [0.29, 0.717) is 11.5 Å². The molecule has 0 fully saturated rings. The highest BCUT2D eigenvalue weighted by atomic mass is 31.2. The molecule has 0 aliphatic rings. The van der Waals surface area contributed by atoms with E-state index in [0.717, 1.165) is 0 Å². The quantitative estimate of drug-likeness (QED) is 0.0611. The molecule has 348 valence electrons. The monoisotopic (exact) mass is 1000 g/mol. The lowest BCUT2D eigenvalue weighted by atomic mass is 10.2. The number of hydrogen-bond acceptors (Lipinski definition) is 14. The fourth-order valence-corrected chi connectivity index (χ4v) is 13.2. The number of phenolic OH excluding ortho intramolecular Hbond substituents is 5. The standard InChI is InChI=1S/C48H38N4O13P4/c53-36-22-7-12-27-41(36)58-46-32-17-33-47(48(46)59-42-28-13-8-23-37(42)54)64-67-49-66-50(61-43-29-14-9-24-38(43)55)68(65-45-31-16-11-26-40(45)57)52(62-44-30-15-10-25-39(44)56)69(63-35-20-5-2-6-21-35)51(67)60-34-18-3-1-4-19-34/h1-33,53-57H. The van der Waals surface area contributed by atoms with Gasteiger partial charge in [0.15, 0.2) is 83.3 Å². The van der Waals surface area contributed by atoms with Gasteiger partial charge in [-0.05, 0) is 106 Å². The Bertz CT molecular complexity index is 3290. The third-order valence-electron chi connectivity index (χ3n) is 9.21. The number of benzene rings is 8. The Morgan fingerprint density at radius 1 is 0.348 bits per heavy atom. The highest BCUT2D eigenvalue weighted by Gasteiger charge is 2.28. The zero-order valence-corrected chi connectivity index (χ0v) is 39.2. The molecule has 0 aliphatic heterocycles. The lowest BCUT2D eigenvalue weighted by Crippen LogP contribution is -2.17. The van der Waals surface area contributed by atoms with Gasteiger partial charge in [0.1, 0.15) is 5.75 Å². The van der Waals surface area contributed by atoms with Crippen LogP contribution in [-0.2, 0) is 0 Å². The molecular weight excluding hydrogens is 964 g/mol. The second-order valence-corrected chi connectivity index (χ2v) is 20.1. The van der Waals surface area contributed by atoms with E-state index >= 15 is 0 Å². The highest BCUT2D eigenvalue weighted by Crippen LogP contribution is 2.51. The van der Waals surface area contributed by atoms with Gasteiger partial charge in [0.2, 0.25) is 5.75 Å². The second-order valence-electron chi connectivity index (χ2n) is 14.0. The van der Waals surface area contributed by atoms with Crippen molar-refractivity contribution in [3.63, 3.8) is 0 Å². The number of aromatic hydroxyl groups is 5. The van der Waals surface area contributed by atoms with Crippen LogP contribution in [0, 0.1) is 0 Å². The Hall–Kier alpha value is -8.44. The molecule has 0 aliphatic carbocycles. The van der Waals surface area contributed by atoms with E-state index < -0.39 is 24.2 Å². The average Bonchev–Trinajstić information content (AvgIpc) is 3.36. The summed E-state index contributed by atoms with van der Waals surface area (Å²) < 4.78 is 42.2. The molecule has 1 aromatic heterocycles. The normalized spacial score (nSPS) is 11.5. The van der Waals surface area contributed by atoms with Crippen LogP contribution in [0.15, 0.2) is 200 Å². The zero-order valence-electron chi connectivity index (χ0n) is 35.6. The molecular formula is C48H38N4O13P4. The zero-order chi connectivity index (χ0) is 47.5. The Kier molecular flexibility index (Phi) is 14.2. The summed E-state index contributed by atoms with van der Waals surface area (Å²) in [5, 5.41) is 55.2. The molecule has 9 rings (SSSR count). The summed E-state index contributed by atoms with van der Waals surface area (Å²) in [7, 11) is -7.93. The Balaban J connectivity index is 1.38. The molecule has 9 aromatic rings. The number of hydrogen-bond donors (Lipinski definition) is 5. The van der Waals surface area contributed by atoms with E-state index in [1.54, 1.807) is 140 Å². The van der Waals surface area contributed by atoms with E-state index in [2.05, 4.69) is 0 Å². The van der Waals surface area contributed by atoms with Gasteiger partial charge in [0, 0.05) is 0 Å². The molecule has 5 N–H and O–H groups in total. The van der Waals surface area contributed by atoms with Crippen LogP contribution in [0.4, 0.5) is 0 Å². The van der Waals surface area contributed by atoms with Gasteiger partial charge in [-0.3, -0.25) is 0 Å². The van der Waals surface area contributed by atoms with Crippen LogP contribution in [0.2, 0.25) is 0 Å². The first-order valence-corrected chi connectivity index (χ1v) is 24.9. The lowest BCUT2D eigenvalue weighted by Gasteiger charge is -2.24. The molecule has 3 atom stereocenters. The largest absolute Gasteiger partial charge is 0.504 e. The van der Waals surface area contributed by atoms with Gasteiger partial charge in [0.05, 0.1) is 0 Å². The number of nitrogens with zero attached hydrogens (tertiary/aromatic N) is 4. The van der Waals surface area contributed by atoms with E-state index in [1.807, 2.05) is 12.1 Å². The number of phenols is 5. The van der Waals surface area contributed by atoms with Gasteiger partial charge in [-0.1, -0.05) is 107 Å². The summed E-state index contributed by atoms with van der Waals surface area (Å²) in [4.78, 5) is 20.0. The van der Waals surface area contributed by atoms with Gasteiger partial charge in [-0.25, -0.2) is 0 Å². The maximum atomic E-state index is 11.3. The first-order chi connectivity index (χ1) is 33.8. The molecule has 8 aromatic carbocycles. The van der Waals surface area contributed by atoms with E-state index in [4.69, 9.17) is 42.1 Å². The van der Waals surface area contributed by atoms with Crippen molar-refractivity contribution in [3.8, 4) is 86.2 Å². The van der Waals surface area contributed by atoms with Crippen molar-refractivity contribution in [2.75, 3.05) is 0 Å². The summed E-state index contributed by atoms with van der Waals surface area (Å²) in [6.07, 6.45) is 0. The van der Waals surface area contributed by atoms with Gasteiger partial charge < -0.3 is 63.1 Å². The molecule has 0 spiro atoms. The summed E-state index contributed by atoms with van der Waals surface area (Å²) in [6.45, 7) is 0. The third kappa shape index (κ3) is 11.1. The van der Waals surface area contributed by atoms with Gasteiger partial charge in [0.25, 0.3) is 0 Å². The third-order valence-corrected chi connectivity index (χ3v) is 15.9. The Morgan fingerprint density at radius 2 is 0.797 bits per heavy atom. The summed E-state index contributed by atoms with van der Waals surface area (Å²) in [5.41, 5.74) is 0. The van der Waals surface area contributed by atoms with Crippen LogP contribution in [0.3, 0.4) is 0 Å². The van der Waals surface area contributed by atoms with Crippen LogP contribution in [-0.4, -0.2) is 42.8 Å². The van der Waals surface area contributed by atoms with Crippen molar-refractivity contribution in [1.29, 1.82) is 0 Å². The number of rotatable bonds is 16. The van der Waals surface area contributed by atoms with E-state index in [1.165, 1.54) is 61.3 Å². The molecule has 0 radical (unpaired) electrons. The van der Waals surface area contributed by atoms with E-state index in [9.17, 15) is 25.5 Å². The summed E-state index contributed by atoms with van der Waals surface area (Å²) in [6, 6.07) is 53.7. The summed E-state index contributed by atoms with van der Waals surface area (Å²) >= 11 is 0. The number of ether oxygens (including phenoxy) is 2. The van der Waals surface area contributed by atoms with Gasteiger partial charge in [-0.15, -0.1) is 4.51 Å². The Labute approximate surface area is 398 Å². The minimum Gasteiger partial charge on any atom is -0.504 e. The lowest BCUT2D eigenvalue weighted by molar-refractivity contribution is 0.212. The molecule has 17 nitrogen and oxygen atoms in total. The first kappa shape index (κ1) is 45.7. The molecule has 1 heterocycles. The van der Waals surface area contributed by atoms with Crippen molar-refractivity contribution in [2.24, 2.45) is 0 Å². The maximum absolute atomic E-state index is 11.3. The number of para-hydroxylation sites is 13. The topological polar surface area (TPSA) is 203 Å². The van der Waals surface area contributed by atoms with Crippen molar-refractivity contribution in [1.82, 2.24) is 17.3 Å². The SMILES string of the molecule is Oc1ccccc1Oc1cccc(Op2npn(Oc3ccccc3O)p(Oc3ccccc3O)n(Oc3ccccc3O)p(Oc3ccccc3)n2Oc2ccccc2)c1Oc1ccccc1O. The van der Waals surface area contributed by atoms with Crippen LogP contribution in [0.1, 0.15) is 0 Å². The van der Waals surface area contributed by atoms with Gasteiger partial charge >= 0.3 is 24.2 Å². The fraction of sp³-hybridized carbons (Fsp3) is 0.